The molecule has 0 fully saturated rings. The molecule has 1 aliphatic rings. The van der Waals surface area contributed by atoms with Crippen LogP contribution >= 0.6 is 22.9 Å². The molecule has 3 rings (SSSR count). The Balaban J connectivity index is 1.80. The van der Waals surface area contributed by atoms with Crippen LogP contribution in [-0.4, -0.2) is 40.5 Å². The second kappa shape index (κ2) is 8.17. The summed E-state index contributed by atoms with van der Waals surface area (Å²) in [5, 5.41) is 15.5. The topological polar surface area (TPSA) is 125 Å². The van der Waals surface area contributed by atoms with E-state index in [0.29, 0.717) is 35.2 Å². The van der Waals surface area contributed by atoms with Gasteiger partial charge in [-0.05, 0) is 43.2 Å². The zero-order chi connectivity index (χ0) is 20.4. The Hall–Kier alpha value is -2.62. The minimum absolute atomic E-state index is 0.286. The summed E-state index contributed by atoms with van der Waals surface area (Å²) in [4.78, 5) is 38.2. The maximum absolute atomic E-state index is 12.3. The van der Waals surface area contributed by atoms with E-state index in [9.17, 15) is 19.5 Å². The Morgan fingerprint density at radius 2 is 1.93 bits per heavy atom. The van der Waals surface area contributed by atoms with Gasteiger partial charge in [0.05, 0.1) is 5.56 Å². The van der Waals surface area contributed by atoms with Crippen LogP contribution in [0.4, 0.5) is 15.5 Å². The van der Waals surface area contributed by atoms with Crippen molar-refractivity contribution in [1.29, 1.82) is 0 Å². The Morgan fingerprint density at radius 3 is 2.54 bits per heavy atom. The number of primary amides is 1. The van der Waals surface area contributed by atoms with E-state index in [-0.39, 0.29) is 5.56 Å². The summed E-state index contributed by atoms with van der Waals surface area (Å²) in [6, 6.07) is 5.45. The SMILES string of the molecule is CC(C(=O)O)N1CCc2c(sc(NC(=O)Nc3ccc(Cl)cc3)c2C(N)=O)C1. The molecule has 2 aromatic rings. The predicted molar refractivity (Wildman–Crippen MR) is 108 cm³/mol. The van der Waals surface area contributed by atoms with Crippen molar-refractivity contribution in [3.8, 4) is 0 Å². The van der Waals surface area contributed by atoms with Crippen molar-refractivity contribution < 1.29 is 19.5 Å². The fourth-order valence-corrected chi connectivity index (χ4v) is 4.46. The van der Waals surface area contributed by atoms with E-state index in [1.807, 2.05) is 4.90 Å². The first kappa shape index (κ1) is 20.1. The lowest BCUT2D eigenvalue weighted by Crippen LogP contribution is -2.41. The first-order valence-electron chi connectivity index (χ1n) is 8.51. The van der Waals surface area contributed by atoms with Gasteiger partial charge in [0.1, 0.15) is 11.0 Å². The van der Waals surface area contributed by atoms with Crippen molar-refractivity contribution in [3.05, 3.63) is 45.3 Å². The number of anilines is 2. The highest BCUT2D eigenvalue weighted by Crippen LogP contribution is 2.37. The molecule has 1 aliphatic heterocycles. The molecule has 3 amide bonds. The minimum atomic E-state index is -0.907. The minimum Gasteiger partial charge on any atom is -0.480 e. The molecule has 1 aromatic carbocycles. The molecule has 2 heterocycles. The lowest BCUT2D eigenvalue weighted by atomic mass is 10.0. The number of halogens is 1. The highest BCUT2D eigenvalue weighted by atomic mass is 35.5. The summed E-state index contributed by atoms with van der Waals surface area (Å²) in [6.45, 7) is 2.50. The van der Waals surface area contributed by atoms with E-state index >= 15 is 0 Å². The van der Waals surface area contributed by atoms with Crippen LogP contribution in [-0.2, 0) is 17.8 Å². The van der Waals surface area contributed by atoms with E-state index in [0.717, 1.165) is 10.4 Å². The number of aliphatic carboxylic acids is 1. The number of carbonyl (C=O) groups is 3. The van der Waals surface area contributed by atoms with Gasteiger partial charge >= 0.3 is 12.0 Å². The van der Waals surface area contributed by atoms with Crippen LogP contribution in [0.5, 0.6) is 0 Å². The normalized spacial score (nSPS) is 14.8. The third-order valence-corrected chi connectivity index (χ3v) is 5.95. The van der Waals surface area contributed by atoms with Crippen LogP contribution in [0.25, 0.3) is 0 Å². The van der Waals surface area contributed by atoms with Gasteiger partial charge in [0, 0.05) is 28.7 Å². The monoisotopic (exact) mass is 422 g/mol. The number of nitrogens with one attached hydrogen (secondary N) is 2. The molecule has 148 valence electrons. The third kappa shape index (κ3) is 4.27. The molecule has 0 saturated carbocycles. The van der Waals surface area contributed by atoms with E-state index in [1.54, 1.807) is 31.2 Å². The van der Waals surface area contributed by atoms with E-state index in [2.05, 4.69) is 10.6 Å². The molecule has 1 atom stereocenters. The van der Waals surface area contributed by atoms with Crippen LogP contribution < -0.4 is 16.4 Å². The average Bonchev–Trinajstić information content (AvgIpc) is 2.99. The van der Waals surface area contributed by atoms with E-state index in [1.165, 1.54) is 11.3 Å². The molecule has 0 radical (unpaired) electrons. The summed E-state index contributed by atoms with van der Waals surface area (Å²) in [5.41, 5.74) is 7.15. The van der Waals surface area contributed by atoms with Gasteiger partial charge in [-0.2, -0.15) is 0 Å². The Bertz CT molecular complexity index is 928. The molecule has 28 heavy (non-hydrogen) atoms. The van der Waals surface area contributed by atoms with E-state index in [4.69, 9.17) is 17.3 Å². The highest BCUT2D eigenvalue weighted by molar-refractivity contribution is 7.17. The van der Waals surface area contributed by atoms with Gasteiger partial charge < -0.3 is 16.2 Å². The number of carbonyl (C=O) groups excluding carboxylic acids is 2. The fourth-order valence-electron chi connectivity index (χ4n) is 3.06. The molecule has 5 N–H and O–H groups in total. The van der Waals surface area contributed by atoms with Gasteiger partial charge in [0.15, 0.2) is 0 Å². The first-order chi connectivity index (χ1) is 13.3. The number of nitrogens with two attached hydrogens (primary N) is 1. The number of nitrogens with zero attached hydrogens (tertiary/aromatic N) is 1. The molecule has 0 bridgehead atoms. The maximum Gasteiger partial charge on any atom is 0.324 e. The molecule has 1 aromatic heterocycles. The van der Waals surface area contributed by atoms with Gasteiger partial charge in [0.25, 0.3) is 5.91 Å². The number of amides is 3. The molecular weight excluding hydrogens is 404 g/mol. The van der Waals surface area contributed by atoms with Gasteiger partial charge in [0.2, 0.25) is 0 Å². The molecule has 0 saturated heterocycles. The number of carboxylic acid groups (broad SMARTS) is 1. The number of carboxylic acids is 1. The number of rotatable bonds is 5. The summed E-state index contributed by atoms with van der Waals surface area (Å²) >= 11 is 7.06. The number of benzene rings is 1. The van der Waals surface area contributed by atoms with Crippen LogP contribution in [0.3, 0.4) is 0 Å². The zero-order valence-electron chi connectivity index (χ0n) is 15.0. The summed E-state index contributed by atoms with van der Waals surface area (Å²) < 4.78 is 0. The highest BCUT2D eigenvalue weighted by Gasteiger charge is 2.31. The second-order valence-electron chi connectivity index (χ2n) is 6.39. The van der Waals surface area contributed by atoms with Gasteiger partial charge in [-0.25, -0.2) is 4.79 Å². The molecule has 0 aliphatic carbocycles. The number of thiophene rings is 1. The van der Waals surface area contributed by atoms with Gasteiger partial charge in [-0.15, -0.1) is 11.3 Å². The van der Waals surface area contributed by atoms with Crippen molar-refractivity contribution in [2.75, 3.05) is 17.2 Å². The summed E-state index contributed by atoms with van der Waals surface area (Å²) in [6.07, 6.45) is 0.488. The number of urea groups is 1. The largest absolute Gasteiger partial charge is 0.480 e. The number of hydrogen-bond donors (Lipinski definition) is 4. The van der Waals surface area contributed by atoms with Crippen molar-refractivity contribution >= 4 is 51.5 Å². The Labute approximate surface area is 170 Å². The second-order valence-corrected chi connectivity index (χ2v) is 7.93. The fraction of sp³-hybridized carbons (Fsp3) is 0.278. The van der Waals surface area contributed by atoms with Gasteiger partial charge in [-0.1, -0.05) is 11.6 Å². The van der Waals surface area contributed by atoms with Crippen molar-refractivity contribution in [2.45, 2.75) is 25.9 Å². The number of fused-ring (bicyclic) bond motifs is 1. The summed E-state index contributed by atoms with van der Waals surface area (Å²) in [5.74, 6) is -1.53. The molecule has 8 nitrogen and oxygen atoms in total. The van der Waals surface area contributed by atoms with E-state index < -0.39 is 23.9 Å². The average molecular weight is 423 g/mol. The molecule has 0 spiro atoms. The quantitative estimate of drug-likeness (QED) is 0.589. The summed E-state index contributed by atoms with van der Waals surface area (Å²) in [7, 11) is 0. The number of hydrogen-bond acceptors (Lipinski definition) is 5. The third-order valence-electron chi connectivity index (χ3n) is 4.57. The van der Waals surface area contributed by atoms with Crippen LogP contribution in [0, 0.1) is 0 Å². The van der Waals surface area contributed by atoms with Crippen molar-refractivity contribution in [3.63, 3.8) is 0 Å². The molecule has 10 heteroatoms. The predicted octanol–water partition coefficient (Wildman–Crippen LogP) is 2.98. The van der Waals surface area contributed by atoms with Crippen LogP contribution in [0.15, 0.2) is 24.3 Å². The smallest absolute Gasteiger partial charge is 0.324 e. The molecular formula is C18H19ClN4O4S. The Morgan fingerprint density at radius 1 is 1.25 bits per heavy atom. The standard InChI is InChI=1S/C18H19ClN4O4S/c1-9(17(25)26)23-7-6-12-13(8-23)28-16(14(12)15(20)24)22-18(27)21-11-4-2-10(19)3-5-11/h2-5,9H,6-8H2,1H3,(H2,20,24)(H,25,26)(H2,21,22,27). The first-order valence-corrected chi connectivity index (χ1v) is 9.70. The zero-order valence-corrected chi connectivity index (χ0v) is 16.6. The van der Waals surface area contributed by atoms with Crippen LogP contribution in [0.1, 0.15) is 27.7 Å². The van der Waals surface area contributed by atoms with Crippen molar-refractivity contribution in [2.24, 2.45) is 5.73 Å². The van der Waals surface area contributed by atoms with Gasteiger partial charge in [-0.3, -0.25) is 19.8 Å². The van der Waals surface area contributed by atoms with Crippen molar-refractivity contribution in [1.82, 2.24) is 4.90 Å². The molecule has 1 unspecified atom stereocenters. The lowest BCUT2D eigenvalue weighted by molar-refractivity contribution is -0.142. The lowest BCUT2D eigenvalue weighted by Gasteiger charge is -2.29. The van der Waals surface area contributed by atoms with Crippen LogP contribution in [0.2, 0.25) is 5.02 Å². The maximum atomic E-state index is 12.3. The Kier molecular flexibility index (Phi) is 5.87.